The molecule has 0 amide bonds. The fraction of sp³-hybridized carbons (Fsp3) is 0.250. The van der Waals surface area contributed by atoms with Gasteiger partial charge in [0.25, 0.3) is 5.56 Å². The third-order valence-electron chi connectivity index (χ3n) is 5.32. The summed E-state index contributed by atoms with van der Waals surface area (Å²) >= 11 is 0. The molecule has 0 atom stereocenters. The van der Waals surface area contributed by atoms with E-state index in [1.54, 1.807) is 16.7 Å². The van der Waals surface area contributed by atoms with Crippen LogP contribution in [0.5, 0.6) is 0 Å². The van der Waals surface area contributed by atoms with Crippen molar-refractivity contribution in [3.63, 3.8) is 0 Å². The van der Waals surface area contributed by atoms with E-state index in [2.05, 4.69) is 30.1 Å². The third kappa shape index (κ3) is 2.92. The summed E-state index contributed by atoms with van der Waals surface area (Å²) in [6.45, 7) is 8.58. The van der Waals surface area contributed by atoms with Crippen LogP contribution in [0.2, 0.25) is 0 Å². The Morgan fingerprint density at radius 1 is 1.07 bits per heavy atom. The van der Waals surface area contributed by atoms with E-state index in [1.807, 2.05) is 0 Å². The zero-order valence-electron chi connectivity index (χ0n) is 15.8. The number of hydrogen-bond acceptors (Lipinski definition) is 7. The Hall–Kier alpha value is -3.97. The molecule has 5 rings (SSSR count). The van der Waals surface area contributed by atoms with Crippen molar-refractivity contribution in [2.24, 2.45) is 0 Å². The summed E-state index contributed by atoms with van der Waals surface area (Å²) in [5.41, 5.74) is 1.81. The molecule has 0 aliphatic carbocycles. The Labute approximate surface area is 169 Å². The average Bonchev–Trinajstić information content (AvgIpc) is 2.79. The first-order chi connectivity index (χ1) is 14.7. The van der Waals surface area contributed by atoms with Crippen LogP contribution >= 0.6 is 0 Å². The van der Waals surface area contributed by atoms with Gasteiger partial charge in [0.2, 0.25) is 0 Å². The van der Waals surface area contributed by atoms with Crippen LogP contribution in [0.3, 0.4) is 0 Å². The second kappa shape index (κ2) is 7.13. The highest BCUT2D eigenvalue weighted by Crippen LogP contribution is 2.27. The first-order valence-corrected chi connectivity index (χ1v) is 9.50. The van der Waals surface area contributed by atoms with E-state index in [0.29, 0.717) is 33.2 Å². The topological polar surface area (TPSA) is 123 Å². The molecule has 0 bridgehead atoms. The summed E-state index contributed by atoms with van der Waals surface area (Å²) in [7, 11) is 0. The van der Waals surface area contributed by atoms with Crippen LogP contribution in [0.25, 0.3) is 38.0 Å². The van der Waals surface area contributed by atoms with Crippen molar-refractivity contribution in [3.8, 4) is 11.3 Å². The molecule has 1 saturated heterocycles. The molecule has 1 aliphatic heterocycles. The largest absolute Gasteiger partial charge is 0.394 e. The lowest BCUT2D eigenvalue weighted by Crippen LogP contribution is -2.38. The third-order valence-corrected chi connectivity index (χ3v) is 5.32. The van der Waals surface area contributed by atoms with Crippen molar-refractivity contribution in [1.82, 2.24) is 34.8 Å². The molecule has 0 saturated carbocycles. The lowest BCUT2D eigenvalue weighted by molar-refractivity contribution is 0.365. The molecule has 4 aromatic heterocycles. The number of piperidine rings is 1. The van der Waals surface area contributed by atoms with Crippen molar-refractivity contribution >= 4 is 27.9 Å². The van der Waals surface area contributed by atoms with Gasteiger partial charge in [-0.2, -0.15) is 9.97 Å². The summed E-state index contributed by atoms with van der Waals surface area (Å²) in [6, 6.07) is 3.52. The predicted octanol–water partition coefficient (Wildman–Crippen LogP) is 1.57. The van der Waals surface area contributed by atoms with Gasteiger partial charge in [-0.05, 0) is 38.1 Å². The Bertz CT molecular complexity index is 1430. The molecule has 0 spiro atoms. The van der Waals surface area contributed by atoms with Gasteiger partial charge in [-0.25, -0.2) is 9.78 Å². The summed E-state index contributed by atoms with van der Waals surface area (Å²) in [4.78, 5) is 48.0. The van der Waals surface area contributed by atoms with Crippen LogP contribution in [-0.2, 0) is 0 Å². The highest BCUT2D eigenvalue weighted by atomic mass is 16.2. The molecule has 2 N–H and O–H groups in total. The number of pyridine rings is 2. The molecule has 10 heteroatoms. The highest BCUT2D eigenvalue weighted by Gasteiger charge is 2.22. The molecule has 1 fully saturated rings. The maximum absolute atomic E-state index is 12.8. The second-order valence-electron chi connectivity index (χ2n) is 7.08. The molecular weight excluding hydrogens is 384 g/mol. The summed E-state index contributed by atoms with van der Waals surface area (Å²) in [5, 5.41) is 3.61. The van der Waals surface area contributed by atoms with Crippen LogP contribution in [0.1, 0.15) is 18.9 Å². The van der Waals surface area contributed by atoms with E-state index in [9.17, 15) is 9.59 Å². The number of nitrogens with one attached hydrogen (secondary N) is 2. The van der Waals surface area contributed by atoms with Gasteiger partial charge in [0, 0.05) is 12.2 Å². The van der Waals surface area contributed by atoms with Gasteiger partial charge < -0.3 is 10.2 Å². The quantitative estimate of drug-likeness (QED) is 0.387. The van der Waals surface area contributed by atoms with Crippen LogP contribution in [0.4, 0.5) is 5.95 Å². The minimum absolute atomic E-state index is 0.0459. The first kappa shape index (κ1) is 18.1. The van der Waals surface area contributed by atoms with Crippen molar-refractivity contribution in [2.75, 3.05) is 13.1 Å². The van der Waals surface area contributed by atoms with Crippen LogP contribution < -0.4 is 16.6 Å². The monoisotopic (exact) mass is 400 g/mol. The summed E-state index contributed by atoms with van der Waals surface area (Å²) in [5.74, 6) is 0.0536. The highest BCUT2D eigenvalue weighted by molar-refractivity contribution is 6.01. The Morgan fingerprint density at radius 3 is 2.57 bits per heavy atom. The summed E-state index contributed by atoms with van der Waals surface area (Å²) in [6.07, 6.45) is 6.09. The van der Waals surface area contributed by atoms with E-state index >= 15 is 0 Å². The number of aromatic nitrogens is 6. The van der Waals surface area contributed by atoms with Crippen molar-refractivity contribution < 1.29 is 0 Å². The van der Waals surface area contributed by atoms with Gasteiger partial charge in [0.15, 0.2) is 0 Å². The maximum atomic E-state index is 12.8. The van der Waals surface area contributed by atoms with E-state index in [0.717, 1.165) is 25.9 Å². The Morgan fingerprint density at radius 2 is 1.83 bits per heavy atom. The van der Waals surface area contributed by atoms with Crippen molar-refractivity contribution in [2.45, 2.75) is 18.9 Å². The molecule has 0 radical (unpaired) electrons. The second-order valence-corrected chi connectivity index (χ2v) is 7.08. The number of aromatic amines is 1. The molecule has 5 heterocycles. The maximum Gasteiger partial charge on any atom is 0.371 e. The fourth-order valence-corrected chi connectivity index (χ4v) is 3.87. The lowest BCUT2D eigenvalue weighted by Gasteiger charge is -2.26. The lowest BCUT2D eigenvalue weighted by atomic mass is 10.1. The zero-order valence-corrected chi connectivity index (χ0v) is 15.8. The molecule has 148 valence electrons. The van der Waals surface area contributed by atoms with Gasteiger partial charge in [-0.15, -0.1) is 6.57 Å². The van der Waals surface area contributed by atoms with Crippen LogP contribution in [0.15, 0.2) is 40.3 Å². The molecule has 1 aliphatic rings. The van der Waals surface area contributed by atoms with Crippen LogP contribution in [0, 0.1) is 6.57 Å². The Balaban J connectivity index is 1.81. The zero-order chi connectivity index (χ0) is 20.7. The fourth-order valence-electron chi connectivity index (χ4n) is 3.87. The van der Waals surface area contributed by atoms with E-state index in [4.69, 9.17) is 11.6 Å². The molecule has 30 heavy (non-hydrogen) atoms. The van der Waals surface area contributed by atoms with Gasteiger partial charge >= 0.3 is 11.6 Å². The van der Waals surface area contributed by atoms with Gasteiger partial charge in [-0.1, -0.05) is 0 Å². The van der Waals surface area contributed by atoms with Gasteiger partial charge in [-0.3, -0.25) is 19.3 Å². The predicted molar refractivity (Wildman–Crippen MR) is 110 cm³/mol. The number of hydrogen-bond donors (Lipinski definition) is 2. The summed E-state index contributed by atoms with van der Waals surface area (Å²) < 4.78 is 1.65. The number of nitrogens with zero attached hydrogens (tertiary/aromatic N) is 6. The minimum atomic E-state index is -0.480. The SMILES string of the molecule is [C-]#[N+]c1ncc(-c2ccc3ncc4c(=O)[nH]c(=O)n(C5CCNCC5)c4c3n2)cn1. The van der Waals surface area contributed by atoms with E-state index in [1.165, 1.54) is 18.6 Å². The smallest absolute Gasteiger partial charge is 0.371 e. The molecular formula is C20H16N8O2. The number of H-pyrrole nitrogens is 1. The molecule has 0 aromatic carbocycles. The van der Waals surface area contributed by atoms with E-state index < -0.39 is 11.2 Å². The van der Waals surface area contributed by atoms with Gasteiger partial charge in [0.05, 0.1) is 40.1 Å². The van der Waals surface area contributed by atoms with E-state index in [-0.39, 0.29) is 12.0 Å². The minimum Gasteiger partial charge on any atom is -0.394 e. The standard InChI is InChI=1S/C20H16N8O2/c1-21-19-24-8-11(9-25-19)14-2-3-15-16(26-14)17-13(10-23-15)18(29)27-20(30)28(17)12-4-6-22-7-5-12/h2-3,8-10,12,22H,4-7H2,(H,27,29,30). The average molecular weight is 400 g/mol. The normalized spacial score (nSPS) is 14.8. The molecule has 10 nitrogen and oxygen atoms in total. The first-order valence-electron chi connectivity index (χ1n) is 9.50. The van der Waals surface area contributed by atoms with Crippen molar-refractivity contribution in [1.29, 1.82) is 0 Å². The van der Waals surface area contributed by atoms with Crippen LogP contribution in [-0.4, -0.2) is 42.6 Å². The van der Waals surface area contributed by atoms with Crippen molar-refractivity contribution in [3.05, 3.63) is 63.0 Å². The molecule has 0 unspecified atom stereocenters. The number of fused-ring (bicyclic) bond motifs is 3. The number of rotatable bonds is 2. The van der Waals surface area contributed by atoms with Gasteiger partial charge in [0.1, 0.15) is 5.52 Å². The Kier molecular flexibility index (Phi) is 4.30. The molecule has 4 aromatic rings.